The van der Waals surface area contributed by atoms with Crippen molar-refractivity contribution in [1.29, 1.82) is 0 Å². The van der Waals surface area contributed by atoms with Gasteiger partial charge in [0.15, 0.2) is 6.61 Å². The summed E-state index contributed by atoms with van der Waals surface area (Å²) in [6.07, 6.45) is 2.38. The fourth-order valence-electron chi connectivity index (χ4n) is 2.36. The zero-order chi connectivity index (χ0) is 15.4. The molecule has 1 unspecified atom stereocenters. The first kappa shape index (κ1) is 18.8. The number of nitrogens with two attached hydrogens (primary N) is 1. The van der Waals surface area contributed by atoms with E-state index in [1.54, 1.807) is 0 Å². The van der Waals surface area contributed by atoms with Crippen LogP contribution in [0.25, 0.3) is 0 Å². The molecule has 5 heteroatoms. The third-order valence-electron chi connectivity index (χ3n) is 3.91. The third kappa shape index (κ3) is 5.50. The summed E-state index contributed by atoms with van der Waals surface area (Å²) in [5.41, 5.74) is 8.22. The minimum absolute atomic E-state index is 0. The maximum absolute atomic E-state index is 11.8. The number of halogens is 1. The van der Waals surface area contributed by atoms with Gasteiger partial charge in [0.25, 0.3) is 5.91 Å². The summed E-state index contributed by atoms with van der Waals surface area (Å²) in [6.45, 7) is 6.84. The lowest BCUT2D eigenvalue weighted by molar-refractivity contribution is -0.123. The third-order valence-corrected chi connectivity index (χ3v) is 3.91. The molecule has 1 aromatic rings. The van der Waals surface area contributed by atoms with Crippen molar-refractivity contribution < 1.29 is 9.53 Å². The van der Waals surface area contributed by atoms with E-state index in [0.717, 1.165) is 16.9 Å². The standard InChI is InChI=1S/C17H26N2O2.ClH/c1-11(2)14-7-4-12(3)8-16(14)21-10-17(20)19-9-15(18)13-5-6-13;/h4,7-8,11,13,15H,5-6,9-10,18H2,1-3H3,(H,19,20);1H. The van der Waals surface area contributed by atoms with E-state index < -0.39 is 0 Å². The van der Waals surface area contributed by atoms with Crippen molar-refractivity contribution in [3.05, 3.63) is 29.3 Å². The minimum atomic E-state index is -0.109. The number of ether oxygens (including phenoxy) is 1. The fraction of sp³-hybridized carbons (Fsp3) is 0.588. The predicted molar refractivity (Wildman–Crippen MR) is 91.7 cm³/mol. The zero-order valence-electron chi connectivity index (χ0n) is 13.6. The Bertz CT molecular complexity index is 501. The molecule has 0 aromatic heterocycles. The van der Waals surface area contributed by atoms with Crippen LogP contribution in [0.15, 0.2) is 18.2 Å². The molecular formula is C17H27ClN2O2. The smallest absolute Gasteiger partial charge is 0.257 e. The molecule has 4 nitrogen and oxygen atoms in total. The van der Waals surface area contributed by atoms with Crippen molar-refractivity contribution in [2.45, 2.75) is 45.6 Å². The average molecular weight is 327 g/mol. The molecule has 1 fully saturated rings. The van der Waals surface area contributed by atoms with Crippen LogP contribution in [-0.2, 0) is 4.79 Å². The molecular weight excluding hydrogens is 300 g/mol. The number of hydrogen-bond acceptors (Lipinski definition) is 3. The number of nitrogens with one attached hydrogen (secondary N) is 1. The van der Waals surface area contributed by atoms with Gasteiger partial charge in [-0.3, -0.25) is 4.79 Å². The highest BCUT2D eigenvalue weighted by Gasteiger charge is 2.28. The molecule has 1 aliphatic carbocycles. The number of carbonyl (C=O) groups excluding carboxylic acids is 1. The Balaban J connectivity index is 0.00000242. The Labute approximate surface area is 139 Å². The number of carbonyl (C=O) groups is 1. The molecule has 0 spiro atoms. The quantitative estimate of drug-likeness (QED) is 0.809. The molecule has 0 aliphatic heterocycles. The van der Waals surface area contributed by atoms with Gasteiger partial charge in [0.05, 0.1) is 0 Å². The lowest BCUT2D eigenvalue weighted by Gasteiger charge is -2.15. The van der Waals surface area contributed by atoms with E-state index in [1.807, 2.05) is 13.0 Å². The van der Waals surface area contributed by atoms with Gasteiger partial charge in [-0.2, -0.15) is 0 Å². The van der Waals surface area contributed by atoms with Gasteiger partial charge in [-0.25, -0.2) is 0 Å². The highest BCUT2D eigenvalue weighted by atomic mass is 35.5. The van der Waals surface area contributed by atoms with Crippen molar-refractivity contribution in [3.63, 3.8) is 0 Å². The molecule has 0 saturated heterocycles. The first-order valence-corrected chi connectivity index (χ1v) is 7.73. The summed E-state index contributed by atoms with van der Waals surface area (Å²) in [5, 5.41) is 2.85. The minimum Gasteiger partial charge on any atom is -0.483 e. The molecule has 1 atom stereocenters. The fourth-order valence-corrected chi connectivity index (χ4v) is 2.36. The van der Waals surface area contributed by atoms with Gasteiger partial charge in [0.2, 0.25) is 0 Å². The van der Waals surface area contributed by atoms with Crippen molar-refractivity contribution in [3.8, 4) is 5.75 Å². The first-order valence-electron chi connectivity index (χ1n) is 7.73. The monoisotopic (exact) mass is 326 g/mol. The van der Waals surface area contributed by atoms with E-state index in [0.29, 0.717) is 18.4 Å². The SMILES string of the molecule is Cc1ccc(C(C)C)c(OCC(=O)NCC(N)C2CC2)c1.Cl. The number of amides is 1. The molecule has 0 bridgehead atoms. The van der Waals surface area contributed by atoms with Gasteiger partial charge in [-0.05, 0) is 48.8 Å². The van der Waals surface area contributed by atoms with Crippen LogP contribution in [0.3, 0.4) is 0 Å². The van der Waals surface area contributed by atoms with Crippen molar-refractivity contribution in [2.24, 2.45) is 11.7 Å². The summed E-state index contributed by atoms with van der Waals surface area (Å²) in [7, 11) is 0. The van der Waals surface area contributed by atoms with Gasteiger partial charge in [0.1, 0.15) is 5.75 Å². The van der Waals surface area contributed by atoms with Crippen LogP contribution >= 0.6 is 12.4 Å². The Hall–Kier alpha value is -1.26. The summed E-state index contributed by atoms with van der Waals surface area (Å²) in [6, 6.07) is 6.20. The molecule has 0 radical (unpaired) electrons. The van der Waals surface area contributed by atoms with Gasteiger partial charge in [0, 0.05) is 12.6 Å². The van der Waals surface area contributed by atoms with Crippen molar-refractivity contribution in [2.75, 3.05) is 13.2 Å². The largest absolute Gasteiger partial charge is 0.483 e. The van der Waals surface area contributed by atoms with Crippen LogP contribution in [0, 0.1) is 12.8 Å². The molecule has 124 valence electrons. The number of rotatable bonds is 7. The van der Waals surface area contributed by atoms with E-state index >= 15 is 0 Å². The number of aryl methyl sites for hydroxylation is 1. The maximum atomic E-state index is 11.8. The van der Waals surface area contributed by atoms with Crippen molar-refractivity contribution >= 4 is 18.3 Å². The summed E-state index contributed by atoms with van der Waals surface area (Å²) >= 11 is 0. The molecule has 1 aliphatic rings. The van der Waals surface area contributed by atoms with Gasteiger partial charge in [-0.15, -0.1) is 12.4 Å². The van der Waals surface area contributed by atoms with E-state index in [1.165, 1.54) is 12.8 Å². The molecule has 1 aromatic carbocycles. The topological polar surface area (TPSA) is 64.3 Å². The Morgan fingerprint density at radius 1 is 1.41 bits per heavy atom. The van der Waals surface area contributed by atoms with E-state index in [4.69, 9.17) is 10.5 Å². The average Bonchev–Trinajstić information content (AvgIpc) is 3.26. The van der Waals surface area contributed by atoms with Crippen LogP contribution in [0.5, 0.6) is 5.75 Å². The van der Waals surface area contributed by atoms with Crippen molar-refractivity contribution in [1.82, 2.24) is 5.32 Å². The normalized spacial score (nSPS) is 15.1. The molecule has 2 rings (SSSR count). The maximum Gasteiger partial charge on any atom is 0.257 e. The number of hydrogen-bond donors (Lipinski definition) is 2. The lowest BCUT2D eigenvalue weighted by atomic mass is 10.0. The van der Waals surface area contributed by atoms with Crippen LogP contribution in [0.2, 0.25) is 0 Å². The lowest BCUT2D eigenvalue weighted by Crippen LogP contribution is -2.40. The summed E-state index contributed by atoms with van der Waals surface area (Å²) < 4.78 is 5.70. The Morgan fingerprint density at radius 2 is 2.09 bits per heavy atom. The number of benzene rings is 1. The molecule has 1 saturated carbocycles. The van der Waals surface area contributed by atoms with Crippen LogP contribution < -0.4 is 15.8 Å². The van der Waals surface area contributed by atoms with Gasteiger partial charge >= 0.3 is 0 Å². The molecule has 3 N–H and O–H groups in total. The van der Waals surface area contributed by atoms with E-state index in [-0.39, 0.29) is 31.0 Å². The second kappa shape index (κ2) is 8.39. The van der Waals surface area contributed by atoms with Gasteiger partial charge in [-0.1, -0.05) is 26.0 Å². The van der Waals surface area contributed by atoms with E-state index in [2.05, 4.69) is 31.3 Å². The second-order valence-corrected chi connectivity index (χ2v) is 6.29. The Morgan fingerprint density at radius 3 is 2.68 bits per heavy atom. The highest BCUT2D eigenvalue weighted by molar-refractivity contribution is 5.85. The molecule has 0 heterocycles. The summed E-state index contributed by atoms with van der Waals surface area (Å²) in [4.78, 5) is 11.8. The summed E-state index contributed by atoms with van der Waals surface area (Å²) in [5.74, 6) is 1.65. The van der Waals surface area contributed by atoms with Gasteiger partial charge < -0.3 is 15.8 Å². The van der Waals surface area contributed by atoms with E-state index in [9.17, 15) is 4.79 Å². The Kier molecular flexibility index (Phi) is 7.17. The van der Waals surface area contributed by atoms with Crippen LogP contribution in [-0.4, -0.2) is 25.1 Å². The molecule has 22 heavy (non-hydrogen) atoms. The first-order chi connectivity index (χ1) is 9.97. The highest BCUT2D eigenvalue weighted by Crippen LogP contribution is 2.31. The van der Waals surface area contributed by atoms with Crippen LogP contribution in [0.1, 0.15) is 43.7 Å². The molecule has 1 amide bonds. The van der Waals surface area contributed by atoms with Crippen LogP contribution in [0.4, 0.5) is 0 Å². The predicted octanol–water partition coefficient (Wildman–Crippen LogP) is 2.77. The second-order valence-electron chi connectivity index (χ2n) is 6.29. The zero-order valence-corrected chi connectivity index (χ0v) is 14.4.